The Labute approximate surface area is 103 Å². The third-order valence-electron chi connectivity index (χ3n) is 3.03. The SMILES string of the molecule is CCCCCCCCCCCOCCCC. The molecule has 0 unspecified atom stereocenters. The fraction of sp³-hybridized carbons (Fsp3) is 1.00. The Kier molecular flexibility index (Phi) is 14.9. The molecule has 0 amide bonds. The summed E-state index contributed by atoms with van der Waals surface area (Å²) in [5.74, 6) is 0. The van der Waals surface area contributed by atoms with E-state index in [0.29, 0.717) is 0 Å². The lowest BCUT2D eigenvalue weighted by Gasteiger charge is -2.03. The summed E-state index contributed by atoms with van der Waals surface area (Å²) in [6.07, 6.45) is 15.0. The number of hydrogen-bond acceptors (Lipinski definition) is 1. The smallest absolute Gasteiger partial charge is 0.0466 e. The molecule has 98 valence electrons. The van der Waals surface area contributed by atoms with Crippen molar-refractivity contribution < 1.29 is 4.74 Å². The van der Waals surface area contributed by atoms with Crippen LogP contribution in [-0.4, -0.2) is 13.2 Å². The van der Waals surface area contributed by atoms with Crippen LogP contribution in [0.1, 0.15) is 84.5 Å². The fourth-order valence-corrected chi connectivity index (χ4v) is 1.86. The summed E-state index contributed by atoms with van der Waals surface area (Å²) >= 11 is 0. The first-order chi connectivity index (χ1) is 7.91. The van der Waals surface area contributed by atoms with E-state index in [2.05, 4.69) is 13.8 Å². The van der Waals surface area contributed by atoms with Crippen LogP contribution in [0.4, 0.5) is 0 Å². The molecule has 0 aliphatic carbocycles. The minimum absolute atomic E-state index is 0.966. The minimum atomic E-state index is 0.966. The summed E-state index contributed by atoms with van der Waals surface area (Å²) in [6.45, 7) is 6.43. The molecule has 0 bridgehead atoms. The molecular formula is C15H32O. The van der Waals surface area contributed by atoms with Gasteiger partial charge in [-0.15, -0.1) is 0 Å². The fourth-order valence-electron chi connectivity index (χ4n) is 1.86. The zero-order chi connectivity index (χ0) is 11.9. The van der Waals surface area contributed by atoms with Gasteiger partial charge in [-0.2, -0.15) is 0 Å². The molecule has 0 saturated heterocycles. The molecule has 0 aliphatic heterocycles. The predicted octanol–water partition coefficient (Wildman–Crippen LogP) is 5.33. The quantitative estimate of drug-likeness (QED) is 0.387. The number of unbranched alkanes of at least 4 members (excludes halogenated alkanes) is 9. The maximum Gasteiger partial charge on any atom is 0.0466 e. The molecule has 1 heteroatoms. The van der Waals surface area contributed by atoms with E-state index >= 15 is 0 Å². The van der Waals surface area contributed by atoms with Crippen molar-refractivity contribution >= 4 is 0 Å². The molecular weight excluding hydrogens is 196 g/mol. The van der Waals surface area contributed by atoms with E-state index in [1.165, 1.54) is 70.6 Å². The molecule has 1 nitrogen and oxygen atoms in total. The van der Waals surface area contributed by atoms with Gasteiger partial charge in [-0.1, -0.05) is 71.6 Å². The molecule has 0 saturated carbocycles. The van der Waals surface area contributed by atoms with Crippen molar-refractivity contribution in [3.05, 3.63) is 0 Å². The van der Waals surface area contributed by atoms with Gasteiger partial charge in [0, 0.05) is 13.2 Å². The van der Waals surface area contributed by atoms with E-state index in [0.717, 1.165) is 13.2 Å². The Morgan fingerprint density at radius 3 is 1.50 bits per heavy atom. The normalized spacial score (nSPS) is 10.9. The maximum atomic E-state index is 5.53. The average molecular weight is 228 g/mol. The summed E-state index contributed by atoms with van der Waals surface area (Å²) < 4.78 is 5.53. The van der Waals surface area contributed by atoms with E-state index in [1.54, 1.807) is 0 Å². The van der Waals surface area contributed by atoms with Gasteiger partial charge in [0.1, 0.15) is 0 Å². The van der Waals surface area contributed by atoms with Crippen molar-refractivity contribution in [3.8, 4) is 0 Å². The van der Waals surface area contributed by atoms with Gasteiger partial charge in [0.05, 0.1) is 0 Å². The summed E-state index contributed by atoms with van der Waals surface area (Å²) in [5.41, 5.74) is 0. The molecule has 0 spiro atoms. The Hall–Kier alpha value is -0.0400. The Bertz CT molecular complexity index is 98.0. The average Bonchev–Trinajstić information content (AvgIpc) is 2.31. The van der Waals surface area contributed by atoms with Gasteiger partial charge in [0.15, 0.2) is 0 Å². The second-order valence-electron chi connectivity index (χ2n) is 4.79. The molecule has 0 aliphatic rings. The van der Waals surface area contributed by atoms with E-state index in [1.807, 2.05) is 0 Å². The van der Waals surface area contributed by atoms with Crippen LogP contribution < -0.4 is 0 Å². The molecule has 0 aromatic rings. The molecule has 0 radical (unpaired) electrons. The third-order valence-corrected chi connectivity index (χ3v) is 3.03. The molecule has 0 atom stereocenters. The van der Waals surface area contributed by atoms with E-state index < -0.39 is 0 Å². The van der Waals surface area contributed by atoms with Gasteiger partial charge in [-0.25, -0.2) is 0 Å². The molecule has 0 heterocycles. The van der Waals surface area contributed by atoms with Crippen molar-refractivity contribution in [2.75, 3.05) is 13.2 Å². The zero-order valence-electron chi connectivity index (χ0n) is 11.6. The highest BCUT2D eigenvalue weighted by Gasteiger charge is 1.92. The standard InChI is InChI=1S/C15H32O/c1-3-5-7-8-9-10-11-12-13-15-16-14-6-4-2/h3-15H2,1-2H3. The second-order valence-corrected chi connectivity index (χ2v) is 4.79. The van der Waals surface area contributed by atoms with Crippen LogP contribution in [0.25, 0.3) is 0 Å². The summed E-state index contributed by atoms with van der Waals surface area (Å²) in [6, 6.07) is 0. The first kappa shape index (κ1) is 16.0. The van der Waals surface area contributed by atoms with Crippen LogP contribution >= 0.6 is 0 Å². The highest BCUT2D eigenvalue weighted by Crippen LogP contribution is 2.09. The summed E-state index contributed by atoms with van der Waals surface area (Å²) in [7, 11) is 0. The van der Waals surface area contributed by atoms with Crippen LogP contribution in [0.15, 0.2) is 0 Å². The van der Waals surface area contributed by atoms with Crippen molar-refractivity contribution in [3.63, 3.8) is 0 Å². The van der Waals surface area contributed by atoms with Crippen molar-refractivity contribution in [2.24, 2.45) is 0 Å². The Morgan fingerprint density at radius 1 is 0.500 bits per heavy atom. The van der Waals surface area contributed by atoms with Crippen LogP contribution in [0, 0.1) is 0 Å². The monoisotopic (exact) mass is 228 g/mol. The predicted molar refractivity (Wildman–Crippen MR) is 73.0 cm³/mol. The first-order valence-electron chi connectivity index (χ1n) is 7.49. The lowest BCUT2D eigenvalue weighted by Crippen LogP contribution is -1.96. The van der Waals surface area contributed by atoms with Crippen LogP contribution in [-0.2, 0) is 4.74 Å². The van der Waals surface area contributed by atoms with Crippen molar-refractivity contribution in [2.45, 2.75) is 84.5 Å². The second kappa shape index (κ2) is 15.0. The molecule has 0 aromatic carbocycles. The summed E-state index contributed by atoms with van der Waals surface area (Å²) in [4.78, 5) is 0. The molecule has 0 rings (SSSR count). The number of ether oxygens (including phenoxy) is 1. The lowest BCUT2D eigenvalue weighted by atomic mass is 10.1. The summed E-state index contributed by atoms with van der Waals surface area (Å²) in [5, 5.41) is 0. The van der Waals surface area contributed by atoms with Gasteiger partial charge in [0.25, 0.3) is 0 Å². The van der Waals surface area contributed by atoms with E-state index in [9.17, 15) is 0 Å². The Balaban J connectivity index is 2.83. The topological polar surface area (TPSA) is 9.23 Å². The van der Waals surface area contributed by atoms with Gasteiger partial charge in [-0.3, -0.25) is 0 Å². The molecule has 0 aromatic heterocycles. The molecule has 0 N–H and O–H groups in total. The number of hydrogen-bond donors (Lipinski definition) is 0. The largest absolute Gasteiger partial charge is 0.381 e. The van der Waals surface area contributed by atoms with E-state index in [4.69, 9.17) is 4.74 Å². The van der Waals surface area contributed by atoms with Crippen molar-refractivity contribution in [1.29, 1.82) is 0 Å². The van der Waals surface area contributed by atoms with Gasteiger partial charge < -0.3 is 4.74 Å². The highest BCUT2D eigenvalue weighted by atomic mass is 16.5. The Morgan fingerprint density at radius 2 is 0.938 bits per heavy atom. The van der Waals surface area contributed by atoms with Crippen LogP contribution in [0.3, 0.4) is 0 Å². The maximum absolute atomic E-state index is 5.53. The zero-order valence-corrected chi connectivity index (χ0v) is 11.6. The number of rotatable bonds is 13. The van der Waals surface area contributed by atoms with Gasteiger partial charge in [0.2, 0.25) is 0 Å². The minimum Gasteiger partial charge on any atom is -0.381 e. The van der Waals surface area contributed by atoms with Crippen molar-refractivity contribution in [1.82, 2.24) is 0 Å². The van der Waals surface area contributed by atoms with Crippen LogP contribution in [0.2, 0.25) is 0 Å². The lowest BCUT2D eigenvalue weighted by molar-refractivity contribution is 0.127. The molecule has 16 heavy (non-hydrogen) atoms. The third kappa shape index (κ3) is 14.0. The van der Waals surface area contributed by atoms with E-state index in [-0.39, 0.29) is 0 Å². The highest BCUT2D eigenvalue weighted by molar-refractivity contribution is 4.46. The van der Waals surface area contributed by atoms with Gasteiger partial charge in [-0.05, 0) is 12.8 Å². The molecule has 0 fully saturated rings. The van der Waals surface area contributed by atoms with Crippen LogP contribution in [0.5, 0.6) is 0 Å². The van der Waals surface area contributed by atoms with Gasteiger partial charge >= 0.3 is 0 Å². The first-order valence-corrected chi connectivity index (χ1v) is 7.49.